The van der Waals surface area contributed by atoms with Gasteiger partial charge >= 0.3 is 6.09 Å². The zero-order valence-corrected chi connectivity index (χ0v) is 10.1. The first-order valence-corrected chi connectivity index (χ1v) is 5.58. The van der Waals surface area contributed by atoms with Gasteiger partial charge < -0.3 is 19.8 Å². The van der Waals surface area contributed by atoms with Gasteiger partial charge in [-0.2, -0.15) is 0 Å². The van der Waals surface area contributed by atoms with Gasteiger partial charge in [-0.1, -0.05) is 0 Å². The van der Waals surface area contributed by atoms with Crippen molar-refractivity contribution in [3.05, 3.63) is 0 Å². The monoisotopic (exact) mass is 231 g/mol. The van der Waals surface area contributed by atoms with Gasteiger partial charge in [-0.05, 0) is 27.2 Å². The Kier molecular flexibility index (Phi) is 4.15. The molecule has 0 aromatic carbocycles. The summed E-state index contributed by atoms with van der Waals surface area (Å²) in [6.45, 7) is 5.82. The van der Waals surface area contributed by atoms with E-state index in [2.05, 4.69) is 0 Å². The van der Waals surface area contributed by atoms with Gasteiger partial charge in [-0.25, -0.2) is 4.79 Å². The first-order chi connectivity index (χ1) is 7.37. The fraction of sp³-hybridized carbons (Fsp3) is 0.909. The maximum Gasteiger partial charge on any atom is 0.410 e. The minimum Gasteiger partial charge on any atom is -0.444 e. The zero-order valence-electron chi connectivity index (χ0n) is 10.1. The minimum absolute atomic E-state index is 0.0375. The molecule has 1 aliphatic heterocycles. The van der Waals surface area contributed by atoms with E-state index >= 15 is 0 Å². The second-order valence-corrected chi connectivity index (χ2v) is 5.25. The summed E-state index contributed by atoms with van der Waals surface area (Å²) in [6.07, 6.45) is 0.217. The lowest BCUT2D eigenvalue weighted by Crippen LogP contribution is -2.41. The van der Waals surface area contributed by atoms with E-state index in [1.54, 1.807) is 20.8 Å². The van der Waals surface area contributed by atoms with E-state index in [9.17, 15) is 4.79 Å². The molecule has 0 radical (unpaired) electrons. The molecule has 0 aromatic rings. The number of aliphatic hydroxyl groups excluding tert-OH is 2. The fourth-order valence-electron chi connectivity index (χ4n) is 1.86. The largest absolute Gasteiger partial charge is 0.444 e. The molecule has 1 heterocycles. The van der Waals surface area contributed by atoms with Crippen LogP contribution in [-0.4, -0.2) is 52.6 Å². The SMILES string of the molecule is CC(C)(C)OC(=O)N1C[C@H](CO)C[C@@H]1CO. The number of amides is 1. The van der Waals surface area contributed by atoms with Crippen LogP contribution in [0.25, 0.3) is 0 Å². The van der Waals surface area contributed by atoms with Crippen LogP contribution in [0.5, 0.6) is 0 Å². The maximum absolute atomic E-state index is 11.8. The molecule has 2 atom stereocenters. The molecule has 94 valence electrons. The molecule has 0 bridgehead atoms. The van der Waals surface area contributed by atoms with Gasteiger partial charge in [0.25, 0.3) is 0 Å². The van der Waals surface area contributed by atoms with Crippen molar-refractivity contribution in [1.29, 1.82) is 0 Å². The standard InChI is InChI=1S/C11H21NO4/c1-11(2,3)16-10(15)12-5-8(6-13)4-9(12)7-14/h8-9,13-14H,4-7H2,1-3H3/t8-,9-/m1/s1. The highest BCUT2D eigenvalue weighted by Crippen LogP contribution is 2.24. The molecular weight excluding hydrogens is 210 g/mol. The normalized spacial score (nSPS) is 25.9. The van der Waals surface area contributed by atoms with Crippen LogP contribution in [0.1, 0.15) is 27.2 Å². The van der Waals surface area contributed by atoms with Crippen LogP contribution in [0.15, 0.2) is 0 Å². The summed E-state index contributed by atoms with van der Waals surface area (Å²) < 4.78 is 5.24. The van der Waals surface area contributed by atoms with Crippen molar-refractivity contribution < 1.29 is 19.7 Å². The molecule has 2 N–H and O–H groups in total. The Morgan fingerprint density at radius 3 is 2.44 bits per heavy atom. The number of hydrogen-bond acceptors (Lipinski definition) is 4. The Morgan fingerprint density at radius 1 is 1.38 bits per heavy atom. The smallest absolute Gasteiger partial charge is 0.410 e. The van der Waals surface area contributed by atoms with Crippen molar-refractivity contribution in [3.8, 4) is 0 Å². The van der Waals surface area contributed by atoms with Gasteiger partial charge in [0.1, 0.15) is 5.60 Å². The van der Waals surface area contributed by atoms with Crippen molar-refractivity contribution >= 4 is 6.09 Å². The summed E-state index contributed by atoms with van der Waals surface area (Å²) in [5.41, 5.74) is -0.533. The zero-order chi connectivity index (χ0) is 12.3. The number of aliphatic hydroxyl groups is 2. The van der Waals surface area contributed by atoms with E-state index in [-0.39, 0.29) is 25.2 Å². The minimum atomic E-state index is -0.533. The number of ether oxygens (including phenoxy) is 1. The number of likely N-dealkylation sites (tertiary alicyclic amines) is 1. The van der Waals surface area contributed by atoms with E-state index in [0.29, 0.717) is 13.0 Å². The third kappa shape index (κ3) is 3.35. The van der Waals surface area contributed by atoms with Crippen molar-refractivity contribution in [1.82, 2.24) is 4.90 Å². The molecule has 0 saturated carbocycles. The average Bonchev–Trinajstić information content (AvgIpc) is 2.58. The predicted octanol–water partition coefficient (Wildman–Crippen LogP) is 0.597. The molecule has 1 rings (SSSR count). The molecule has 5 heteroatoms. The number of hydrogen-bond donors (Lipinski definition) is 2. The Morgan fingerprint density at radius 2 is 2.00 bits per heavy atom. The van der Waals surface area contributed by atoms with Gasteiger partial charge in [0.05, 0.1) is 12.6 Å². The van der Waals surface area contributed by atoms with Gasteiger partial charge in [0.15, 0.2) is 0 Å². The molecule has 1 fully saturated rings. The van der Waals surface area contributed by atoms with Crippen molar-refractivity contribution in [2.45, 2.75) is 38.8 Å². The Bertz CT molecular complexity index is 249. The number of rotatable bonds is 2. The number of nitrogens with zero attached hydrogens (tertiary/aromatic N) is 1. The second-order valence-electron chi connectivity index (χ2n) is 5.25. The third-order valence-corrected chi connectivity index (χ3v) is 2.60. The van der Waals surface area contributed by atoms with Gasteiger partial charge in [0, 0.05) is 19.1 Å². The fourth-order valence-corrected chi connectivity index (χ4v) is 1.86. The molecule has 0 spiro atoms. The lowest BCUT2D eigenvalue weighted by atomic mass is 10.1. The lowest BCUT2D eigenvalue weighted by molar-refractivity contribution is 0.0170. The summed E-state index contributed by atoms with van der Waals surface area (Å²) in [7, 11) is 0. The third-order valence-electron chi connectivity index (χ3n) is 2.60. The van der Waals surface area contributed by atoms with Crippen LogP contribution in [0, 0.1) is 5.92 Å². The van der Waals surface area contributed by atoms with Crippen molar-refractivity contribution in [2.24, 2.45) is 5.92 Å². The number of carbonyl (C=O) groups is 1. The first kappa shape index (κ1) is 13.3. The Labute approximate surface area is 96.0 Å². The summed E-state index contributed by atoms with van der Waals surface area (Å²) in [5.74, 6) is 0.0460. The highest BCUT2D eigenvalue weighted by Gasteiger charge is 2.36. The summed E-state index contributed by atoms with van der Waals surface area (Å²) in [5, 5.41) is 18.2. The summed E-state index contributed by atoms with van der Waals surface area (Å²) >= 11 is 0. The topological polar surface area (TPSA) is 70.0 Å². The Balaban J connectivity index is 2.61. The highest BCUT2D eigenvalue weighted by atomic mass is 16.6. The van der Waals surface area contributed by atoms with Crippen LogP contribution < -0.4 is 0 Å². The van der Waals surface area contributed by atoms with Crippen molar-refractivity contribution in [3.63, 3.8) is 0 Å². The van der Waals surface area contributed by atoms with E-state index in [4.69, 9.17) is 14.9 Å². The molecule has 1 saturated heterocycles. The molecule has 1 amide bonds. The van der Waals surface area contributed by atoms with Crippen molar-refractivity contribution in [2.75, 3.05) is 19.8 Å². The van der Waals surface area contributed by atoms with Crippen LogP contribution in [-0.2, 0) is 4.74 Å². The second kappa shape index (κ2) is 5.01. The van der Waals surface area contributed by atoms with E-state index in [1.807, 2.05) is 0 Å². The predicted molar refractivity (Wildman–Crippen MR) is 59.0 cm³/mol. The van der Waals surface area contributed by atoms with Crippen LogP contribution >= 0.6 is 0 Å². The molecular formula is C11H21NO4. The molecule has 16 heavy (non-hydrogen) atoms. The van der Waals surface area contributed by atoms with E-state index in [0.717, 1.165) is 0 Å². The van der Waals surface area contributed by atoms with Crippen LogP contribution in [0.2, 0.25) is 0 Å². The average molecular weight is 231 g/mol. The van der Waals surface area contributed by atoms with Gasteiger partial charge in [0.2, 0.25) is 0 Å². The number of carbonyl (C=O) groups excluding carboxylic acids is 1. The summed E-state index contributed by atoms with van der Waals surface area (Å²) in [6, 6.07) is -0.230. The maximum atomic E-state index is 11.8. The van der Waals surface area contributed by atoms with Crippen LogP contribution in [0.3, 0.4) is 0 Å². The first-order valence-electron chi connectivity index (χ1n) is 5.58. The highest BCUT2D eigenvalue weighted by molar-refractivity contribution is 5.69. The van der Waals surface area contributed by atoms with E-state index in [1.165, 1.54) is 4.90 Å². The molecule has 0 aliphatic carbocycles. The molecule has 0 aromatic heterocycles. The molecule has 5 nitrogen and oxygen atoms in total. The van der Waals surface area contributed by atoms with Gasteiger partial charge in [-0.3, -0.25) is 0 Å². The molecule has 0 unspecified atom stereocenters. The summed E-state index contributed by atoms with van der Waals surface area (Å²) in [4.78, 5) is 13.3. The van der Waals surface area contributed by atoms with Gasteiger partial charge in [-0.15, -0.1) is 0 Å². The van der Waals surface area contributed by atoms with Crippen LogP contribution in [0.4, 0.5) is 4.79 Å². The quantitative estimate of drug-likeness (QED) is 0.730. The Hall–Kier alpha value is -0.810. The van der Waals surface area contributed by atoms with E-state index < -0.39 is 11.7 Å². The lowest BCUT2D eigenvalue weighted by Gasteiger charge is -2.27. The molecule has 1 aliphatic rings.